The van der Waals surface area contributed by atoms with Crippen LogP contribution in [0, 0.1) is 3.57 Å². The highest BCUT2D eigenvalue weighted by Crippen LogP contribution is 2.24. The predicted octanol–water partition coefficient (Wildman–Crippen LogP) is 5.12. The molecule has 0 aliphatic rings. The first kappa shape index (κ1) is 13.7. The lowest BCUT2D eigenvalue weighted by Gasteiger charge is -2.09. The molecule has 2 aromatic carbocycles. The van der Waals surface area contributed by atoms with Gasteiger partial charge in [0.25, 0.3) is 0 Å². The van der Waals surface area contributed by atoms with E-state index < -0.39 is 0 Å². The molecule has 0 unspecified atom stereocenters. The highest BCUT2D eigenvalue weighted by Gasteiger charge is 2.00. The second kappa shape index (κ2) is 6.43. The Hall–Kier alpha value is -0.740. The first-order valence-electron chi connectivity index (χ1n) is 5.96. The molecule has 0 saturated heterocycles. The van der Waals surface area contributed by atoms with E-state index in [-0.39, 0.29) is 0 Å². The third kappa shape index (κ3) is 3.62. The molecule has 0 fully saturated rings. The maximum absolute atomic E-state index is 6.18. The van der Waals surface area contributed by atoms with Crippen molar-refractivity contribution in [1.82, 2.24) is 0 Å². The van der Waals surface area contributed by atoms with Crippen molar-refractivity contribution < 1.29 is 0 Å². The van der Waals surface area contributed by atoms with Crippen LogP contribution in [-0.2, 0) is 13.0 Å². The van der Waals surface area contributed by atoms with Crippen LogP contribution < -0.4 is 5.32 Å². The van der Waals surface area contributed by atoms with Gasteiger partial charge in [-0.2, -0.15) is 0 Å². The van der Waals surface area contributed by atoms with E-state index in [2.05, 4.69) is 65.2 Å². The summed E-state index contributed by atoms with van der Waals surface area (Å²) in [6.45, 7) is 2.96. The summed E-state index contributed by atoms with van der Waals surface area (Å²) in [4.78, 5) is 0. The first-order chi connectivity index (χ1) is 8.69. The Balaban J connectivity index is 2.02. The molecule has 0 radical (unpaired) electrons. The summed E-state index contributed by atoms with van der Waals surface area (Å²) in [5.74, 6) is 0. The van der Waals surface area contributed by atoms with Crippen molar-refractivity contribution in [2.75, 3.05) is 5.32 Å². The Bertz CT molecular complexity index is 523. The molecule has 0 aliphatic heterocycles. The number of rotatable bonds is 4. The van der Waals surface area contributed by atoms with E-state index in [1.165, 1.54) is 11.1 Å². The minimum absolute atomic E-state index is 0.770. The SMILES string of the molecule is CCc1ccc(CNc2ccc(I)cc2Cl)cc1. The molecule has 0 amide bonds. The van der Waals surface area contributed by atoms with Crippen molar-refractivity contribution in [3.8, 4) is 0 Å². The number of benzene rings is 2. The van der Waals surface area contributed by atoms with E-state index in [0.29, 0.717) is 0 Å². The number of nitrogens with one attached hydrogen (secondary N) is 1. The molecule has 0 spiro atoms. The van der Waals surface area contributed by atoms with Gasteiger partial charge in [-0.3, -0.25) is 0 Å². The van der Waals surface area contributed by atoms with E-state index in [1.54, 1.807) is 0 Å². The summed E-state index contributed by atoms with van der Waals surface area (Å²) in [7, 11) is 0. The molecule has 0 aromatic heterocycles. The molecule has 0 aliphatic carbocycles. The van der Waals surface area contributed by atoms with Gasteiger partial charge in [0, 0.05) is 10.1 Å². The second-order valence-electron chi connectivity index (χ2n) is 4.15. The lowest BCUT2D eigenvalue weighted by atomic mass is 10.1. The van der Waals surface area contributed by atoms with Gasteiger partial charge in [-0.15, -0.1) is 0 Å². The third-order valence-electron chi connectivity index (χ3n) is 2.85. The van der Waals surface area contributed by atoms with Crippen LogP contribution in [0.3, 0.4) is 0 Å². The van der Waals surface area contributed by atoms with Crippen LogP contribution in [0.5, 0.6) is 0 Å². The molecule has 1 nitrogen and oxygen atoms in total. The van der Waals surface area contributed by atoms with Crippen LogP contribution in [-0.4, -0.2) is 0 Å². The maximum atomic E-state index is 6.18. The maximum Gasteiger partial charge on any atom is 0.0648 e. The summed E-state index contributed by atoms with van der Waals surface area (Å²) in [5.41, 5.74) is 3.62. The molecule has 3 heteroatoms. The zero-order valence-corrected chi connectivity index (χ0v) is 13.1. The zero-order chi connectivity index (χ0) is 13.0. The molecule has 2 rings (SSSR count). The number of halogens is 2. The monoisotopic (exact) mass is 371 g/mol. The number of hydrogen-bond donors (Lipinski definition) is 1. The standard InChI is InChI=1S/C15H15ClIN/c1-2-11-3-5-12(6-4-11)10-18-15-8-7-13(17)9-14(15)16/h3-9,18H,2,10H2,1H3. The van der Waals surface area contributed by atoms with Gasteiger partial charge in [0.15, 0.2) is 0 Å². The average Bonchev–Trinajstić information content (AvgIpc) is 2.38. The Morgan fingerprint density at radius 1 is 1.06 bits per heavy atom. The van der Waals surface area contributed by atoms with E-state index >= 15 is 0 Å². The molecular weight excluding hydrogens is 357 g/mol. The summed E-state index contributed by atoms with van der Waals surface area (Å²) < 4.78 is 1.15. The largest absolute Gasteiger partial charge is 0.380 e. The zero-order valence-electron chi connectivity index (χ0n) is 10.2. The van der Waals surface area contributed by atoms with Crippen LogP contribution in [0.2, 0.25) is 5.02 Å². The fraction of sp³-hybridized carbons (Fsp3) is 0.200. The fourth-order valence-corrected chi connectivity index (χ4v) is 2.65. The Labute approximate surface area is 127 Å². The molecule has 18 heavy (non-hydrogen) atoms. The van der Waals surface area contributed by atoms with Crippen LogP contribution in [0.1, 0.15) is 18.1 Å². The topological polar surface area (TPSA) is 12.0 Å². The second-order valence-corrected chi connectivity index (χ2v) is 5.80. The van der Waals surface area contributed by atoms with E-state index in [1.807, 2.05) is 12.1 Å². The normalized spacial score (nSPS) is 10.4. The van der Waals surface area contributed by atoms with Crippen LogP contribution >= 0.6 is 34.2 Å². The third-order valence-corrected chi connectivity index (χ3v) is 3.83. The highest BCUT2D eigenvalue weighted by atomic mass is 127. The molecule has 0 heterocycles. The van der Waals surface area contributed by atoms with Gasteiger partial charge in [-0.05, 0) is 58.3 Å². The molecule has 2 aromatic rings. The van der Waals surface area contributed by atoms with Crippen molar-refractivity contribution in [3.05, 3.63) is 62.2 Å². The summed E-state index contributed by atoms with van der Waals surface area (Å²) in [6, 6.07) is 14.7. The van der Waals surface area contributed by atoms with E-state index in [9.17, 15) is 0 Å². The van der Waals surface area contributed by atoms with Gasteiger partial charge >= 0.3 is 0 Å². The lowest BCUT2D eigenvalue weighted by Crippen LogP contribution is -2.00. The summed E-state index contributed by atoms with van der Waals surface area (Å²) >= 11 is 8.43. The Morgan fingerprint density at radius 3 is 2.33 bits per heavy atom. The number of anilines is 1. The highest BCUT2D eigenvalue weighted by molar-refractivity contribution is 14.1. The number of hydrogen-bond acceptors (Lipinski definition) is 1. The molecule has 94 valence electrons. The lowest BCUT2D eigenvalue weighted by molar-refractivity contribution is 1.11. The fourth-order valence-electron chi connectivity index (χ4n) is 1.72. The van der Waals surface area contributed by atoms with Crippen molar-refractivity contribution >= 4 is 39.9 Å². The minimum Gasteiger partial charge on any atom is -0.380 e. The van der Waals surface area contributed by atoms with Crippen molar-refractivity contribution in [2.24, 2.45) is 0 Å². The van der Waals surface area contributed by atoms with Crippen molar-refractivity contribution in [3.63, 3.8) is 0 Å². The van der Waals surface area contributed by atoms with Crippen LogP contribution in [0.4, 0.5) is 5.69 Å². The molecule has 1 N–H and O–H groups in total. The van der Waals surface area contributed by atoms with Crippen molar-refractivity contribution in [2.45, 2.75) is 19.9 Å². The average molecular weight is 372 g/mol. The van der Waals surface area contributed by atoms with E-state index in [0.717, 1.165) is 27.2 Å². The van der Waals surface area contributed by atoms with Gasteiger partial charge in [-0.1, -0.05) is 42.8 Å². The van der Waals surface area contributed by atoms with Gasteiger partial charge in [-0.25, -0.2) is 0 Å². The van der Waals surface area contributed by atoms with Crippen molar-refractivity contribution in [1.29, 1.82) is 0 Å². The smallest absolute Gasteiger partial charge is 0.0648 e. The van der Waals surface area contributed by atoms with Crippen LogP contribution in [0.15, 0.2) is 42.5 Å². The minimum atomic E-state index is 0.770. The van der Waals surface area contributed by atoms with Gasteiger partial charge in [0.05, 0.1) is 10.7 Å². The summed E-state index contributed by atoms with van der Waals surface area (Å²) in [6.07, 6.45) is 1.08. The molecule has 0 bridgehead atoms. The Kier molecular flexibility index (Phi) is 4.89. The quantitative estimate of drug-likeness (QED) is 0.736. The molecule has 0 atom stereocenters. The molecular formula is C15H15ClIN. The van der Waals surface area contributed by atoms with Gasteiger partial charge in [0.1, 0.15) is 0 Å². The summed E-state index contributed by atoms with van der Waals surface area (Å²) in [5, 5.41) is 4.13. The predicted molar refractivity (Wildman–Crippen MR) is 87.3 cm³/mol. The van der Waals surface area contributed by atoms with E-state index in [4.69, 9.17) is 11.6 Å². The number of aryl methyl sites for hydroxylation is 1. The van der Waals surface area contributed by atoms with Crippen LogP contribution in [0.25, 0.3) is 0 Å². The first-order valence-corrected chi connectivity index (χ1v) is 7.41. The van der Waals surface area contributed by atoms with Gasteiger partial charge < -0.3 is 5.32 Å². The van der Waals surface area contributed by atoms with Gasteiger partial charge in [0.2, 0.25) is 0 Å². The molecule has 0 saturated carbocycles. The Morgan fingerprint density at radius 2 is 1.72 bits per heavy atom.